The van der Waals surface area contributed by atoms with E-state index in [1.165, 1.54) is 21.7 Å². The van der Waals surface area contributed by atoms with E-state index in [1.807, 2.05) is 11.3 Å². The minimum Gasteiger partial charge on any atom is -0.384 e. The predicted octanol–water partition coefficient (Wildman–Crippen LogP) is 3.91. The normalized spacial score (nSPS) is 15.3. The second-order valence-electron chi connectivity index (χ2n) is 5.23. The van der Waals surface area contributed by atoms with Crippen molar-refractivity contribution in [2.75, 3.05) is 18.9 Å². The lowest BCUT2D eigenvalue weighted by molar-refractivity contribution is 0.257. The van der Waals surface area contributed by atoms with Gasteiger partial charge in [0.15, 0.2) is 0 Å². The average Bonchev–Trinajstić information content (AvgIpc) is 3.09. The number of rotatable bonds is 4. The molecule has 0 saturated heterocycles. The molecule has 1 aliphatic heterocycles. The summed E-state index contributed by atoms with van der Waals surface area (Å²) in [5.41, 5.74) is 4.25. The molecule has 1 N–H and O–H groups in total. The molecule has 1 aromatic carbocycles. The highest BCUT2D eigenvalue weighted by Gasteiger charge is 2.17. The third kappa shape index (κ3) is 2.53. The van der Waals surface area contributed by atoms with Crippen LogP contribution in [-0.2, 0) is 13.0 Å². The summed E-state index contributed by atoms with van der Waals surface area (Å²) >= 11 is 1.84. The summed E-state index contributed by atoms with van der Waals surface area (Å²) in [5, 5.41) is 5.68. The standard InChI is InChI=1S/C16H20N2S/c1-12(15-7-4-10-19-15)18(2)11-14-6-3-5-13-8-9-17-16(13)14/h3-7,10,12,17H,8-9,11H2,1-2H3/t12-/m0/s1. The summed E-state index contributed by atoms with van der Waals surface area (Å²) in [7, 11) is 2.21. The number of hydrogen-bond acceptors (Lipinski definition) is 3. The van der Waals surface area contributed by atoms with Crippen LogP contribution in [0, 0.1) is 0 Å². The quantitative estimate of drug-likeness (QED) is 0.908. The minimum atomic E-state index is 0.470. The van der Waals surface area contributed by atoms with E-state index in [0.717, 1.165) is 19.5 Å². The van der Waals surface area contributed by atoms with E-state index in [0.29, 0.717) is 6.04 Å². The van der Waals surface area contributed by atoms with E-state index in [9.17, 15) is 0 Å². The molecule has 0 spiro atoms. The Bertz CT molecular complexity index is 548. The van der Waals surface area contributed by atoms with Crippen molar-refractivity contribution < 1.29 is 0 Å². The number of fused-ring (bicyclic) bond motifs is 1. The number of anilines is 1. The molecule has 2 nitrogen and oxygen atoms in total. The van der Waals surface area contributed by atoms with Crippen LogP contribution in [-0.4, -0.2) is 18.5 Å². The van der Waals surface area contributed by atoms with Gasteiger partial charge in [-0.3, -0.25) is 4.90 Å². The summed E-state index contributed by atoms with van der Waals surface area (Å²) in [4.78, 5) is 3.85. The number of nitrogens with one attached hydrogen (secondary N) is 1. The largest absolute Gasteiger partial charge is 0.384 e. The molecule has 1 aliphatic rings. The zero-order valence-corrected chi connectivity index (χ0v) is 12.3. The van der Waals surface area contributed by atoms with Gasteiger partial charge in [0.2, 0.25) is 0 Å². The second kappa shape index (κ2) is 5.35. The molecular formula is C16H20N2S. The first kappa shape index (κ1) is 12.7. The first-order valence-electron chi connectivity index (χ1n) is 6.84. The van der Waals surface area contributed by atoms with Crippen LogP contribution in [0.3, 0.4) is 0 Å². The lowest BCUT2D eigenvalue weighted by Crippen LogP contribution is -2.21. The number of para-hydroxylation sites is 1. The lowest BCUT2D eigenvalue weighted by atomic mass is 10.1. The Morgan fingerprint density at radius 3 is 3.00 bits per heavy atom. The molecule has 0 unspecified atom stereocenters. The van der Waals surface area contributed by atoms with Crippen molar-refractivity contribution in [2.24, 2.45) is 0 Å². The predicted molar refractivity (Wildman–Crippen MR) is 82.8 cm³/mol. The van der Waals surface area contributed by atoms with E-state index in [-0.39, 0.29) is 0 Å². The second-order valence-corrected chi connectivity index (χ2v) is 6.21. The molecule has 0 amide bonds. The molecule has 100 valence electrons. The molecule has 1 atom stereocenters. The number of benzene rings is 1. The maximum absolute atomic E-state index is 3.52. The maximum Gasteiger partial charge on any atom is 0.0419 e. The lowest BCUT2D eigenvalue weighted by Gasteiger charge is -2.25. The molecule has 0 saturated carbocycles. The van der Waals surface area contributed by atoms with Gasteiger partial charge in [-0.05, 0) is 43.0 Å². The summed E-state index contributed by atoms with van der Waals surface area (Å²) in [5.74, 6) is 0. The minimum absolute atomic E-state index is 0.470. The Balaban J connectivity index is 1.77. The number of nitrogens with zero attached hydrogens (tertiary/aromatic N) is 1. The van der Waals surface area contributed by atoms with Crippen LogP contribution in [0.4, 0.5) is 5.69 Å². The molecule has 3 rings (SSSR count). The van der Waals surface area contributed by atoms with Crippen molar-refractivity contribution >= 4 is 17.0 Å². The van der Waals surface area contributed by atoms with Crippen molar-refractivity contribution in [3.63, 3.8) is 0 Å². The van der Waals surface area contributed by atoms with Crippen LogP contribution in [0.5, 0.6) is 0 Å². The zero-order valence-electron chi connectivity index (χ0n) is 11.5. The first-order chi connectivity index (χ1) is 9.25. The van der Waals surface area contributed by atoms with Crippen LogP contribution < -0.4 is 5.32 Å². The van der Waals surface area contributed by atoms with Gasteiger partial charge in [-0.25, -0.2) is 0 Å². The van der Waals surface area contributed by atoms with Gasteiger partial charge in [0, 0.05) is 29.7 Å². The molecule has 2 aromatic rings. The van der Waals surface area contributed by atoms with E-state index in [1.54, 1.807) is 0 Å². The van der Waals surface area contributed by atoms with Crippen LogP contribution in [0.15, 0.2) is 35.7 Å². The van der Waals surface area contributed by atoms with Gasteiger partial charge in [-0.15, -0.1) is 11.3 Å². The Labute approximate surface area is 119 Å². The smallest absolute Gasteiger partial charge is 0.0419 e. The van der Waals surface area contributed by atoms with Crippen molar-refractivity contribution in [3.05, 3.63) is 51.7 Å². The number of hydrogen-bond donors (Lipinski definition) is 1. The molecule has 2 heterocycles. The van der Waals surface area contributed by atoms with E-state index in [2.05, 4.69) is 59.9 Å². The van der Waals surface area contributed by atoms with Gasteiger partial charge in [-0.1, -0.05) is 24.3 Å². The fraction of sp³-hybridized carbons (Fsp3) is 0.375. The fourth-order valence-corrected chi connectivity index (χ4v) is 3.54. The van der Waals surface area contributed by atoms with Crippen LogP contribution >= 0.6 is 11.3 Å². The fourth-order valence-electron chi connectivity index (χ4n) is 2.69. The highest BCUT2D eigenvalue weighted by atomic mass is 32.1. The average molecular weight is 272 g/mol. The van der Waals surface area contributed by atoms with Crippen LogP contribution in [0.2, 0.25) is 0 Å². The molecule has 0 fully saturated rings. The van der Waals surface area contributed by atoms with Crippen molar-refractivity contribution in [2.45, 2.75) is 25.9 Å². The Morgan fingerprint density at radius 1 is 1.32 bits per heavy atom. The number of thiophene rings is 1. The van der Waals surface area contributed by atoms with Gasteiger partial charge in [0.25, 0.3) is 0 Å². The van der Waals surface area contributed by atoms with E-state index < -0.39 is 0 Å². The maximum atomic E-state index is 3.52. The third-order valence-corrected chi connectivity index (χ3v) is 5.01. The van der Waals surface area contributed by atoms with Gasteiger partial charge >= 0.3 is 0 Å². The SMILES string of the molecule is C[C@@H](c1cccs1)N(C)Cc1cccc2c1NCC2. The summed E-state index contributed by atoms with van der Waals surface area (Å²) < 4.78 is 0. The molecule has 3 heteroatoms. The Morgan fingerprint density at radius 2 is 2.21 bits per heavy atom. The molecular weight excluding hydrogens is 252 g/mol. The van der Waals surface area contributed by atoms with E-state index >= 15 is 0 Å². The molecule has 19 heavy (non-hydrogen) atoms. The van der Waals surface area contributed by atoms with Crippen LogP contribution in [0.1, 0.15) is 29.0 Å². The van der Waals surface area contributed by atoms with Crippen molar-refractivity contribution in [1.29, 1.82) is 0 Å². The summed E-state index contributed by atoms with van der Waals surface area (Å²) in [6.07, 6.45) is 1.16. The molecule has 0 aliphatic carbocycles. The van der Waals surface area contributed by atoms with Crippen molar-refractivity contribution in [1.82, 2.24) is 4.90 Å². The van der Waals surface area contributed by atoms with Crippen molar-refractivity contribution in [3.8, 4) is 0 Å². The Kier molecular flexibility index (Phi) is 3.58. The van der Waals surface area contributed by atoms with Gasteiger partial charge in [-0.2, -0.15) is 0 Å². The van der Waals surface area contributed by atoms with Gasteiger partial charge in [0.05, 0.1) is 0 Å². The highest BCUT2D eigenvalue weighted by molar-refractivity contribution is 7.10. The monoisotopic (exact) mass is 272 g/mol. The topological polar surface area (TPSA) is 15.3 Å². The summed E-state index contributed by atoms with van der Waals surface area (Å²) in [6, 6.07) is 11.5. The molecule has 0 bridgehead atoms. The zero-order chi connectivity index (χ0) is 13.2. The third-order valence-electron chi connectivity index (χ3n) is 3.97. The van der Waals surface area contributed by atoms with Crippen LogP contribution in [0.25, 0.3) is 0 Å². The summed E-state index contributed by atoms with van der Waals surface area (Å²) in [6.45, 7) is 4.36. The van der Waals surface area contributed by atoms with Gasteiger partial charge in [0.1, 0.15) is 0 Å². The Hall–Kier alpha value is -1.32. The molecule has 1 aromatic heterocycles. The first-order valence-corrected chi connectivity index (χ1v) is 7.72. The molecule has 0 radical (unpaired) electrons. The highest BCUT2D eigenvalue weighted by Crippen LogP contribution is 2.30. The van der Waals surface area contributed by atoms with E-state index in [4.69, 9.17) is 0 Å². The van der Waals surface area contributed by atoms with Gasteiger partial charge < -0.3 is 5.32 Å².